The summed E-state index contributed by atoms with van der Waals surface area (Å²) < 4.78 is 33.0. The molecule has 8 heteroatoms. The van der Waals surface area contributed by atoms with Gasteiger partial charge in [0.1, 0.15) is 0 Å². The summed E-state index contributed by atoms with van der Waals surface area (Å²) in [5.41, 5.74) is 0.416. The lowest BCUT2D eigenvalue weighted by atomic mass is 10.1. The average Bonchev–Trinajstić information content (AvgIpc) is 3.08. The number of hydrogen-bond acceptors (Lipinski definition) is 5. The van der Waals surface area contributed by atoms with Gasteiger partial charge < -0.3 is 4.74 Å². The molecule has 0 amide bonds. The van der Waals surface area contributed by atoms with Gasteiger partial charge in [-0.2, -0.15) is 4.31 Å². The molecule has 0 spiro atoms. The van der Waals surface area contributed by atoms with Gasteiger partial charge in [-0.05, 0) is 42.5 Å². The smallest absolute Gasteiger partial charge is 0.243 e. The molecule has 2 heterocycles. The number of hydrogen-bond donors (Lipinski definition) is 0. The highest BCUT2D eigenvalue weighted by Crippen LogP contribution is 2.36. The van der Waals surface area contributed by atoms with Crippen molar-refractivity contribution in [1.29, 1.82) is 0 Å². The number of fused-ring (bicyclic) bond motifs is 1. The molecular formula is C21H18ClNO4S2. The number of sulfonamides is 1. The first-order chi connectivity index (χ1) is 14.0. The van der Waals surface area contributed by atoms with Gasteiger partial charge >= 0.3 is 0 Å². The van der Waals surface area contributed by atoms with Gasteiger partial charge in [0.15, 0.2) is 5.78 Å². The minimum absolute atomic E-state index is 0.174. The van der Waals surface area contributed by atoms with Gasteiger partial charge in [0.25, 0.3) is 0 Å². The van der Waals surface area contributed by atoms with Gasteiger partial charge in [0.2, 0.25) is 10.0 Å². The standard InChI is InChI=1S/C21H18ClNO4S2/c22-21-17-3-1-2-4-19(17)28-20(21)10-9-18(24)15-5-7-16(8-6-15)29(25,26)23-11-13-27-14-12-23/h1-10H,11-14H2/b10-9+. The zero-order chi connectivity index (χ0) is 20.4. The number of carbonyl (C=O) groups excluding carboxylic acids is 1. The second-order valence-electron chi connectivity index (χ2n) is 6.51. The van der Waals surface area contributed by atoms with E-state index in [1.165, 1.54) is 46.0 Å². The first-order valence-electron chi connectivity index (χ1n) is 9.04. The summed E-state index contributed by atoms with van der Waals surface area (Å²) in [6.45, 7) is 1.45. The largest absolute Gasteiger partial charge is 0.379 e. The predicted molar refractivity (Wildman–Crippen MR) is 116 cm³/mol. The Bertz CT molecular complexity index is 1180. The first-order valence-corrected chi connectivity index (χ1v) is 11.7. The Morgan fingerprint density at radius 3 is 2.45 bits per heavy atom. The van der Waals surface area contributed by atoms with Crippen LogP contribution in [0.25, 0.3) is 16.2 Å². The van der Waals surface area contributed by atoms with E-state index in [9.17, 15) is 13.2 Å². The van der Waals surface area contributed by atoms with Crippen molar-refractivity contribution >= 4 is 54.9 Å². The van der Waals surface area contributed by atoms with Crippen LogP contribution in [0.4, 0.5) is 0 Å². The minimum atomic E-state index is -3.57. The summed E-state index contributed by atoms with van der Waals surface area (Å²) in [4.78, 5) is 13.5. The summed E-state index contributed by atoms with van der Waals surface area (Å²) in [5.74, 6) is -0.214. The molecule has 0 radical (unpaired) electrons. The zero-order valence-electron chi connectivity index (χ0n) is 15.4. The number of nitrogens with zero attached hydrogens (tertiary/aromatic N) is 1. The Kier molecular flexibility index (Phi) is 5.85. The molecule has 1 aliphatic heterocycles. The molecule has 0 unspecified atom stereocenters. The number of halogens is 1. The van der Waals surface area contributed by atoms with E-state index in [4.69, 9.17) is 16.3 Å². The van der Waals surface area contributed by atoms with Gasteiger partial charge in [0.05, 0.1) is 23.1 Å². The van der Waals surface area contributed by atoms with Crippen molar-refractivity contribution in [2.24, 2.45) is 0 Å². The van der Waals surface area contributed by atoms with Crippen molar-refractivity contribution in [2.75, 3.05) is 26.3 Å². The van der Waals surface area contributed by atoms with Crippen molar-refractivity contribution in [3.05, 3.63) is 70.1 Å². The highest BCUT2D eigenvalue weighted by atomic mass is 35.5. The van der Waals surface area contributed by atoms with Crippen LogP contribution < -0.4 is 0 Å². The fraction of sp³-hybridized carbons (Fsp3) is 0.190. The molecule has 29 heavy (non-hydrogen) atoms. The number of carbonyl (C=O) groups is 1. The minimum Gasteiger partial charge on any atom is -0.379 e. The Balaban J connectivity index is 1.52. The van der Waals surface area contributed by atoms with Crippen LogP contribution in [0.1, 0.15) is 15.2 Å². The molecule has 3 aromatic rings. The molecule has 150 valence electrons. The van der Waals surface area contributed by atoms with Crippen LogP contribution in [0, 0.1) is 0 Å². The topological polar surface area (TPSA) is 63.7 Å². The SMILES string of the molecule is O=C(/C=C/c1sc2ccccc2c1Cl)c1ccc(S(=O)(=O)N2CCOCC2)cc1. The van der Waals surface area contributed by atoms with Crippen molar-refractivity contribution in [1.82, 2.24) is 4.31 Å². The molecule has 4 rings (SSSR count). The third kappa shape index (κ3) is 4.15. The van der Waals surface area contributed by atoms with Crippen LogP contribution >= 0.6 is 22.9 Å². The van der Waals surface area contributed by atoms with Gasteiger partial charge in [-0.15, -0.1) is 11.3 Å². The van der Waals surface area contributed by atoms with Crippen LogP contribution in [0.15, 0.2) is 59.5 Å². The highest BCUT2D eigenvalue weighted by Gasteiger charge is 2.26. The summed E-state index contributed by atoms with van der Waals surface area (Å²) in [7, 11) is -3.57. The van der Waals surface area contributed by atoms with Crippen LogP contribution in [0.2, 0.25) is 5.02 Å². The molecule has 1 saturated heterocycles. The summed E-state index contributed by atoms with van der Waals surface area (Å²) >= 11 is 7.92. The fourth-order valence-electron chi connectivity index (χ4n) is 3.11. The van der Waals surface area contributed by atoms with Crippen LogP contribution in [0.5, 0.6) is 0 Å². The van der Waals surface area contributed by atoms with Gasteiger partial charge in [-0.3, -0.25) is 4.79 Å². The van der Waals surface area contributed by atoms with Crippen molar-refractivity contribution < 1.29 is 17.9 Å². The lowest BCUT2D eigenvalue weighted by Gasteiger charge is -2.26. The number of thiophene rings is 1. The molecule has 1 fully saturated rings. The quantitative estimate of drug-likeness (QED) is 0.427. The number of rotatable bonds is 5. The maximum atomic E-state index is 12.7. The van der Waals surface area contributed by atoms with Crippen molar-refractivity contribution in [3.63, 3.8) is 0 Å². The van der Waals surface area contributed by atoms with Crippen molar-refractivity contribution in [2.45, 2.75) is 4.90 Å². The van der Waals surface area contributed by atoms with E-state index in [1.807, 2.05) is 24.3 Å². The number of allylic oxidation sites excluding steroid dienone is 1. The summed E-state index contributed by atoms with van der Waals surface area (Å²) in [6, 6.07) is 13.8. The first kappa shape index (κ1) is 20.3. The fourth-order valence-corrected chi connectivity index (χ4v) is 5.92. The number of morpholine rings is 1. The third-order valence-corrected chi connectivity index (χ3v) is 8.26. The summed E-state index contributed by atoms with van der Waals surface area (Å²) in [6.07, 6.45) is 3.16. The maximum Gasteiger partial charge on any atom is 0.243 e. The molecule has 5 nitrogen and oxygen atoms in total. The van der Waals surface area contributed by atoms with Crippen LogP contribution in [-0.2, 0) is 14.8 Å². The van der Waals surface area contributed by atoms with Gasteiger partial charge in [-0.25, -0.2) is 8.42 Å². The molecule has 1 aliphatic rings. The molecule has 0 bridgehead atoms. The number of ketones is 1. The van der Waals surface area contributed by atoms with Gasteiger partial charge in [0, 0.05) is 33.6 Å². The number of ether oxygens (including phenoxy) is 1. The highest BCUT2D eigenvalue weighted by molar-refractivity contribution is 7.89. The average molecular weight is 448 g/mol. The monoisotopic (exact) mass is 447 g/mol. The molecular weight excluding hydrogens is 430 g/mol. The second-order valence-corrected chi connectivity index (χ2v) is 9.91. The molecule has 0 atom stereocenters. The van der Waals surface area contributed by atoms with Crippen LogP contribution in [0.3, 0.4) is 0 Å². The van der Waals surface area contributed by atoms with E-state index >= 15 is 0 Å². The molecule has 0 saturated carbocycles. The third-order valence-electron chi connectivity index (χ3n) is 4.69. The Labute approximate surface area is 178 Å². The predicted octanol–water partition coefficient (Wildman–Crippen LogP) is 4.47. The normalized spacial score (nSPS) is 15.9. The Morgan fingerprint density at radius 2 is 1.76 bits per heavy atom. The van der Waals surface area contributed by atoms with E-state index in [1.54, 1.807) is 6.08 Å². The second kappa shape index (κ2) is 8.38. The molecule has 1 aromatic heterocycles. The van der Waals surface area contributed by atoms with E-state index in [2.05, 4.69) is 0 Å². The van der Waals surface area contributed by atoms with Crippen molar-refractivity contribution in [3.8, 4) is 0 Å². The molecule has 0 aliphatic carbocycles. The van der Waals surface area contributed by atoms with E-state index < -0.39 is 10.0 Å². The Morgan fingerprint density at radius 1 is 1.07 bits per heavy atom. The lowest BCUT2D eigenvalue weighted by molar-refractivity contribution is 0.0730. The van der Waals surface area contributed by atoms with E-state index in [0.29, 0.717) is 36.9 Å². The number of benzene rings is 2. The van der Waals surface area contributed by atoms with E-state index in [0.717, 1.165) is 15.0 Å². The zero-order valence-corrected chi connectivity index (χ0v) is 17.8. The summed E-state index contributed by atoms with van der Waals surface area (Å²) in [5, 5.41) is 1.59. The van der Waals surface area contributed by atoms with Gasteiger partial charge in [-0.1, -0.05) is 29.8 Å². The van der Waals surface area contributed by atoms with Crippen LogP contribution in [-0.4, -0.2) is 44.8 Å². The molecule has 2 aromatic carbocycles. The maximum absolute atomic E-state index is 12.7. The lowest BCUT2D eigenvalue weighted by Crippen LogP contribution is -2.40. The molecule has 0 N–H and O–H groups in total. The Hall–Kier alpha value is -2.03. The van der Waals surface area contributed by atoms with E-state index in [-0.39, 0.29) is 10.7 Å².